The fourth-order valence-electron chi connectivity index (χ4n) is 0. The van der Waals surface area contributed by atoms with Crippen molar-refractivity contribution in [2.24, 2.45) is 0 Å². The van der Waals surface area contributed by atoms with Crippen molar-refractivity contribution in [3.63, 3.8) is 0 Å². The summed E-state index contributed by atoms with van der Waals surface area (Å²) in [7, 11) is -3.13. The zero-order valence-electron chi connectivity index (χ0n) is 2.18. The zero-order chi connectivity index (χ0) is 3.58. The second-order valence-electron chi connectivity index (χ2n) is 0.283. The van der Waals surface area contributed by atoms with Crippen LogP contribution in [0.2, 0.25) is 0 Å². The maximum atomic E-state index is 8.74. The van der Waals surface area contributed by atoms with Gasteiger partial charge >= 0.3 is 8.25 Å². The van der Waals surface area contributed by atoms with Crippen LogP contribution in [-0.4, -0.2) is 9.79 Å². The summed E-state index contributed by atoms with van der Waals surface area (Å²) in [6.07, 6.45) is 0. The summed E-state index contributed by atoms with van der Waals surface area (Å²) in [6, 6.07) is 0. The zero-order valence-corrected chi connectivity index (χ0v) is 5.61. The van der Waals surface area contributed by atoms with Gasteiger partial charge in [-0.05, 0) is 0 Å². The van der Waals surface area contributed by atoms with Crippen molar-refractivity contribution < 1.29 is 63.7 Å². The van der Waals surface area contributed by atoms with E-state index in [2.05, 4.69) is 0 Å². The quantitative estimate of drug-likeness (QED) is 0.548. The van der Waals surface area contributed by atoms with Gasteiger partial charge in [0.2, 0.25) is 0 Å². The standard InChI is InChI=1S/Eu.H3O3P/c;1-4(2)3/h;4H,(H2,1,2,3). The summed E-state index contributed by atoms with van der Waals surface area (Å²) in [5.41, 5.74) is 0. The molecule has 5 heavy (non-hydrogen) atoms. The van der Waals surface area contributed by atoms with Crippen LogP contribution in [0.5, 0.6) is 0 Å². The first kappa shape index (κ1) is 9.88. The summed E-state index contributed by atoms with van der Waals surface area (Å²) >= 11 is 0. The average Bonchev–Trinajstić information content (AvgIpc) is 0.811. The first-order valence-electron chi connectivity index (χ1n) is 0.651. The molecule has 0 saturated carbocycles. The van der Waals surface area contributed by atoms with E-state index >= 15 is 0 Å². The Balaban J connectivity index is 0. The molecule has 0 atom stereocenters. The fourth-order valence-corrected chi connectivity index (χ4v) is 0. The van der Waals surface area contributed by atoms with Gasteiger partial charge in [0.25, 0.3) is 0 Å². The van der Waals surface area contributed by atoms with Crippen molar-refractivity contribution in [2.75, 3.05) is 0 Å². The molecule has 0 bridgehead atoms. The Bertz CT molecular complexity index is 29.9. The van der Waals surface area contributed by atoms with E-state index in [0.717, 1.165) is 0 Å². The molecule has 5 heteroatoms. The molecule has 0 rings (SSSR count). The maximum Gasteiger partial charge on any atom is 0.314 e. The smallest absolute Gasteiger partial charge is 0.314 e. The van der Waals surface area contributed by atoms with Crippen LogP contribution >= 0.6 is 8.25 Å². The second kappa shape index (κ2) is 5.73. The van der Waals surface area contributed by atoms with Crippen molar-refractivity contribution in [3.8, 4) is 0 Å². The number of hydrogen-bond acceptors (Lipinski definition) is 1. The van der Waals surface area contributed by atoms with E-state index in [4.69, 9.17) is 14.4 Å². The van der Waals surface area contributed by atoms with Gasteiger partial charge in [-0.25, -0.2) is 0 Å². The summed E-state index contributed by atoms with van der Waals surface area (Å²) in [4.78, 5) is 14.3. The molecule has 3 nitrogen and oxygen atoms in total. The van der Waals surface area contributed by atoms with Crippen molar-refractivity contribution in [3.05, 3.63) is 0 Å². The molecule has 1 radical (unpaired) electrons. The first-order valence-corrected chi connectivity index (χ1v) is 1.95. The minimum atomic E-state index is -3.13. The minimum Gasteiger partial charge on any atom is -0.326 e. The van der Waals surface area contributed by atoms with E-state index in [1.165, 1.54) is 0 Å². The topological polar surface area (TPSA) is 57.5 Å². The van der Waals surface area contributed by atoms with Gasteiger partial charge in [0.05, 0.1) is 0 Å². The Morgan fingerprint density at radius 2 is 1.40 bits per heavy atom. The van der Waals surface area contributed by atoms with Gasteiger partial charge in [-0.3, -0.25) is 4.57 Å². The molecule has 0 fully saturated rings. The Labute approximate surface area is 70.9 Å². The van der Waals surface area contributed by atoms with Crippen LogP contribution in [0.25, 0.3) is 0 Å². The van der Waals surface area contributed by atoms with Gasteiger partial charge in [0.15, 0.2) is 0 Å². The summed E-state index contributed by atoms with van der Waals surface area (Å²) in [5, 5.41) is 0. The number of hydrogen-bond donors (Lipinski definition) is 2. The van der Waals surface area contributed by atoms with E-state index in [9.17, 15) is 0 Å². The number of rotatable bonds is 0. The largest absolute Gasteiger partial charge is 0.326 e. The molecule has 0 aliphatic heterocycles. The summed E-state index contributed by atoms with van der Waals surface area (Å²) in [5.74, 6) is 0. The molecular weight excluding hydrogens is 231 g/mol. The second-order valence-corrected chi connectivity index (χ2v) is 0.848. The predicted octanol–water partition coefficient (Wildman–Crippen LogP) is -0.639. The van der Waals surface area contributed by atoms with E-state index in [0.29, 0.717) is 0 Å². The van der Waals surface area contributed by atoms with Gasteiger partial charge in [0, 0.05) is 49.4 Å². The van der Waals surface area contributed by atoms with Gasteiger partial charge in [-0.15, -0.1) is 0 Å². The van der Waals surface area contributed by atoms with Crippen LogP contribution in [0.3, 0.4) is 0 Å². The Hall–Kier alpha value is 1.73. The molecule has 2 N–H and O–H groups in total. The molecule has 0 aromatic rings. The van der Waals surface area contributed by atoms with E-state index in [1.54, 1.807) is 0 Å². The van der Waals surface area contributed by atoms with E-state index in [1.807, 2.05) is 0 Å². The molecule has 0 unspecified atom stereocenters. The maximum absolute atomic E-state index is 8.74. The van der Waals surface area contributed by atoms with Gasteiger partial charge in [0.1, 0.15) is 0 Å². The third-order valence-electron chi connectivity index (χ3n) is 0. The van der Waals surface area contributed by atoms with Crippen LogP contribution in [-0.2, 0) is 4.57 Å². The third-order valence-corrected chi connectivity index (χ3v) is 0. The third kappa shape index (κ3) is 26.6. The predicted molar refractivity (Wildman–Crippen MR) is 13.4 cm³/mol. The Kier molecular flexibility index (Phi) is 11.3. The van der Waals surface area contributed by atoms with E-state index < -0.39 is 8.25 Å². The molecule has 0 aliphatic rings. The molecule has 0 saturated heterocycles. The van der Waals surface area contributed by atoms with Crippen molar-refractivity contribution in [1.29, 1.82) is 0 Å². The van der Waals surface area contributed by atoms with Crippen LogP contribution in [0.4, 0.5) is 0 Å². The molecule has 0 aliphatic carbocycles. The molecule has 0 aromatic carbocycles. The van der Waals surface area contributed by atoms with Crippen LogP contribution in [0.15, 0.2) is 0 Å². The molecular formula is H3EuO3P. The minimum absolute atomic E-state index is 0. The van der Waals surface area contributed by atoms with Crippen molar-refractivity contribution >= 4 is 8.25 Å². The monoisotopic (exact) mass is 235 g/mol. The Morgan fingerprint density at radius 1 is 1.40 bits per heavy atom. The Morgan fingerprint density at radius 3 is 1.40 bits per heavy atom. The van der Waals surface area contributed by atoms with Crippen LogP contribution < -0.4 is 0 Å². The fraction of sp³-hybridized carbons (Fsp3) is 0. The first-order chi connectivity index (χ1) is 1.73. The van der Waals surface area contributed by atoms with E-state index in [-0.39, 0.29) is 49.4 Å². The van der Waals surface area contributed by atoms with Gasteiger partial charge < -0.3 is 9.79 Å². The normalized spacial score (nSPS) is 7.00. The van der Waals surface area contributed by atoms with Crippen molar-refractivity contribution in [2.45, 2.75) is 0 Å². The molecule has 0 aromatic heterocycles. The molecule has 0 heterocycles. The average molecular weight is 234 g/mol. The van der Waals surface area contributed by atoms with Gasteiger partial charge in [-0.1, -0.05) is 0 Å². The van der Waals surface area contributed by atoms with Crippen LogP contribution in [0.1, 0.15) is 0 Å². The summed E-state index contributed by atoms with van der Waals surface area (Å²) < 4.78 is 8.74. The molecule has 0 amide bonds. The SMILES string of the molecule is O=[PH](O)O.[Eu]. The van der Waals surface area contributed by atoms with Crippen molar-refractivity contribution in [1.82, 2.24) is 0 Å². The molecule has 33 valence electrons. The summed E-state index contributed by atoms with van der Waals surface area (Å²) in [6.45, 7) is 0. The van der Waals surface area contributed by atoms with Gasteiger partial charge in [-0.2, -0.15) is 0 Å². The van der Waals surface area contributed by atoms with Crippen LogP contribution in [0, 0.1) is 49.4 Å². The molecule has 0 spiro atoms.